The summed E-state index contributed by atoms with van der Waals surface area (Å²) in [6, 6.07) is 0.672. The van der Waals surface area contributed by atoms with Crippen molar-refractivity contribution < 1.29 is 0 Å². The minimum Gasteiger partial charge on any atom is -0.316 e. The predicted octanol–water partition coefficient (Wildman–Crippen LogP) is 2.43. The van der Waals surface area contributed by atoms with E-state index in [0.717, 1.165) is 5.92 Å². The molecule has 0 radical (unpaired) electrons. The first-order chi connectivity index (χ1) is 9.53. The molecule has 118 valence electrons. The zero-order valence-electron chi connectivity index (χ0n) is 14.1. The minimum absolute atomic E-state index is 0.452. The van der Waals surface area contributed by atoms with E-state index in [0.29, 0.717) is 11.5 Å². The van der Waals surface area contributed by atoms with Crippen LogP contribution in [0.5, 0.6) is 0 Å². The molecule has 1 heterocycles. The van der Waals surface area contributed by atoms with Gasteiger partial charge in [0.2, 0.25) is 0 Å². The van der Waals surface area contributed by atoms with Crippen LogP contribution >= 0.6 is 0 Å². The molecular weight excluding hydrogens is 246 g/mol. The Hall–Kier alpha value is -0.120. The molecule has 0 aromatic carbocycles. The molecule has 1 N–H and O–H groups in total. The Labute approximate surface area is 126 Å². The van der Waals surface area contributed by atoms with E-state index in [9.17, 15) is 0 Å². The first kappa shape index (κ1) is 16.3. The molecule has 2 fully saturated rings. The minimum atomic E-state index is 0.452. The summed E-state index contributed by atoms with van der Waals surface area (Å²) >= 11 is 0. The number of hydrogen-bond donors (Lipinski definition) is 1. The summed E-state index contributed by atoms with van der Waals surface area (Å²) < 4.78 is 0. The van der Waals surface area contributed by atoms with Gasteiger partial charge in [-0.2, -0.15) is 0 Å². The molecule has 0 amide bonds. The van der Waals surface area contributed by atoms with Crippen LogP contribution in [0, 0.1) is 11.3 Å². The van der Waals surface area contributed by atoms with Gasteiger partial charge in [0, 0.05) is 25.7 Å². The summed E-state index contributed by atoms with van der Waals surface area (Å²) in [7, 11) is 4.46. The second kappa shape index (κ2) is 7.24. The molecular formula is C17H35N3. The zero-order chi connectivity index (χ0) is 14.6. The van der Waals surface area contributed by atoms with Crippen molar-refractivity contribution in [3.63, 3.8) is 0 Å². The van der Waals surface area contributed by atoms with Crippen molar-refractivity contribution in [1.82, 2.24) is 15.1 Å². The van der Waals surface area contributed by atoms with Crippen LogP contribution in [0.25, 0.3) is 0 Å². The second-order valence-electron chi connectivity index (χ2n) is 7.72. The lowest BCUT2D eigenvalue weighted by molar-refractivity contribution is 0.0881. The average molecular weight is 281 g/mol. The van der Waals surface area contributed by atoms with Crippen LogP contribution in [0.4, 0.5) is 0 Å². The lowest BCUT2D eigenvalue weighted by Crippen LogP contribution is -2.51. The molecule has 0 aromatic rings. The molecule has 2 atom stereocenters. The molecule has 2 unspecified atom stereocenters. The zero-order valence-corrected chi connectivity index (χ0v) is 14.1. The van der Waals surface area contributed by atoms with E-state index in [1.54, 1.807) is 0 Å². The lowest BCUT2D eigenvalue weighted by Gasteiger charge is -2.45. The smallest absolute Gasteiger partial charge is 0.0156 e. The van der Waals surface area contributed by atoms with Gasteiger partial charge >= 0.3 is 0 Å². The van der Waals surface area contributed by atoms with Gasteiger partial charge < -0.3 is 15.1 Å². The quantitative estimate of drug-likeness (QED) is 0.807. The first-order valence-corrected chi connectivity index (χ1v) is 8.61. The summed E-state index contributed by atoms with van der Waals surface area (Å²) in [6.07, 6.45) is 6.97. The number of likely N-dealkylation sites (N-methyl/N-ethyl adjacent to an activating group) is 1. The van der Waals surface area contributed by atoms with Crippen LogP contribution in [-0.4, -0.2) is 62.7 Å². The van der Waals surface area contributed by atoms with Gasteiger partial charge in [-0.3, -0.25) is 0 Å². The standard InChI is InChI=1S/C17H35N3/c1-17(2)9-7-8-15(16(17)18-3)14-19(4)12-13-20-10-5-6-11-20/h15-16,18H,5-14H2,1-4H3. The Morgan fingerprint density at radius 2 is 1.90 bits per heavy atom. The number of hydrogen-bond acceptors (Lipinski definition) is 3. The van der Waals surface area contributed by atoms with E-state index < -0.39 is 0 Å². The Morgan fingerprint density at radius 1 is 1.20 bits per heavy atom. The van der Waals surface area contributed by atoms with Gasteiger partial charge in [0.05, 0.1) is 0 Å². The molecule has 3 nitrogen and oxygen atoms in total. The van der Waals surface area contributed by atoms with Gasteiger partial charge in [-0.05, 0) is 64.2 Å². The third kappa shape index (κ3) is 4.19. The number of likely N-dealkylation sites (tertiary alicyclic amines) is 1. The van der Waals surface area contributed by atoms with Gasteiger partial charge in [-0.25, -0.2) is 0 Å². The van der Waals surface area contributed by atoms with Crippen molar-refractivity contribution >= 4 is 0 Å². The molecule has 2 aliphatic rings. The summed E-state index contributed by atoms with van der Waals surface area (Å²) in [5.41, 5.74) is 0.452. The van der Waals surface area contributed by atoms with Gasteiger partial charge in [0.1, 0.15) is 0 Å². The molecule has 0 aromatic heterocycles. The van der Waals surface area contributed by atoms with Gasteiger partial charge in [-0.15, -0.1) is 0 Å². The molecule has 1 aliphatic carbocycles. The Morgan fingerprint density at radius 3 is 2.55 bits per heavy atom. The Kier molecular flexibility index (Phi) is 5.88. The second-order valence-corrected chi connectivity index (χ2v) is 7.72. The summed E-state index contributed by atoms with van der Waals surface area (Å²) in [6.45, 7) is 11.3. The van der Waals surface area contributed by atoms with Crippen molar-refractivity contribution in [3.8, 4) is 0 Å². The van der Waals surface area contributed by atoms with Crippen molar-refractivity contribution in [2.75, 3.05) is 46.8 Å². The third-order valence-electron chi connectivity index (χ3n) is 5.56. The topological polar surface area (TPSA) is 18.5 Å². The van der Waals surface area contributed by atoms with Crippen LogP contribution in [0.2, 0.25) is 0 Å². The SMILES string of the molecule is CNC1C(CN(C)CCN2CCCC2)CCCC1(C)C. The van der Waals surface area contributed by atoms with Crippen LogP contribution in [0.1, 0.15) is 46.0 Å². The molecule has 1 aliphatic heterocycles. The maximum atomic E-state index is 3.61. The van der Waals surface area contributed by atoms with E-state index in [4.69, 9.17) is 0 Å². The van der Waals surface area contributed by atoms with E-state index in [-0.39, 0.29) is 0 Å². The molecule has 3 heteroatoms. The van der Waals surface area contributed by atoms with E-state index in [1.807, 2.05) is 0 Å². The molecule has 1 saturated heterocycles. The highest BCUT2D eigenvalue weighted by Gasteiger charge is 2.38. The normalized spacial score (nSPS) is 31.1. The van der Waals surface area contributed by atoms with E-state index >= 15 is 0 Å². The van der Waals surface area contributed by atoms with Crippen LogP contribution in [0.3, 0.4) is 0 Å². The molecule has 1 saturated carbocycles. The summed E-state index contributed by atoms with van der Waals surface area (Å²) in [5.74, 6) is 0.812. The molecule has 0 spiro atoms. The highest BCUT2D eigenvalue weighted by molar-refractivity contribution is 4.93. The van der Waals surface area contributed by atoms with Gasteiger partial charge in [0.15, 0.2) is 0 Å². The average Bonchev–Trinajstić information content (AvgIpc) is 2.89. The third-order valence-corrected chi connectivity index (χ3v) is 5.56. The Balaban J connectivity index is 1.78. The van der Waals surface area contributed by atoms with Crippen molar-refractivity contribution in [1.29, 1.82) is 0 Å². The van der Waals surface area contributed by atoms with E-state index in [2.05, 4.69) is 43.1 Å². The fraction of sp³-hybridized carbons (Fsp3) is 1.00. The summed E-state index contributed by atoms with van der Waals surface area (Å²) in [5, 5.41) is 3.61. The van der Waals surface area contributed by atoms with Crippen LogP contribution in [0.15, 0.2) is 0 Å². The number of nitrogens with zero attached hydrogens (tertiary/aromatic N) is 2. The van der Waals surface area contributed by atoms with Crippen molar-refractivity contribution in [2.45, 2.75) is 52.0 Å². The molecule has 2 rings (SSSR count). The molecule has 0 bridgehead atoms. The predicted molar refractivity (Wildman–Crippen MR) is 87.1 cm³/mol. The lowest BCUT2D eigenvalue weighted by atomic mass is 9.68. The van der Waals surface area contributed by atoms with Crippen LogP contribution < -0.4 is 5.32 Å². The van der Waals surface area contributed by atoms with Gasteiger partial charge in [-0.1, -0.05) is 20.3 Å². The maximum Gasteiger partial charge on any atom is 0.0156 e. The highest BCUT2D eigenvalue weighted by atomic mass is 15.2. The highest BCUT2D eigenvalue weighted by Crippen LogP contribution is 2.39. The van der Waals surface area contributed by atoms with Gasteiger partial charge in [0.25, 0.3) is 0 Å². The Bertz CT molecular complexity index is 284. The van der Waals surface area contributed by atoms with Crippen molar-refractivity contribution in [3.05, 3.63) is 0 Å². The van der Waals surface area contributed by atoms with Crippen molar-refractivity contribution in [2.24, 2.45) is 11.3 Å². The fourth-order valence-electron chi connectivity index (χ4n) is 4.41. The fourth-order valence-corrected chi connectivity index (χ4v) is 4.41. The summed E-state index contributed by atoms with van der Waals surface area (Å²) in [4.78, 5) is 5.19. The van der Waals surface area contributed by atoms with Crippen LogP contribution in [-0.2, 0) is 0 Å². The number of nitrogens with one attached hydrogen (secondary N) is 1. The number of rotatable bonds is 6. The first-order valence-electron chi connectivity index (χ1n) is 8.61. The monoisotopic (exact) mass is 281 g/mol. The molecule has 20 heavy (non-hydrogen) atoms. The van der Waals surface area contributed by atoms with E-state index in [1.165, 1.54) is 64.8 Å². The largest absolute Gasteiger partial charge is 0.316 e. The maximum absolute atomic E-state index is 3.61.